The lowest BCUT2D eigenvalue weighted by molar-refractivity contribution is -0.160. The van der Waals surface area contributed by atoms with Crippen LogP contribution in [0.4, 0.5) is 0 Å². The molecule has 1 aliphatic heterocycles. The Labute approximate surface area is 214 Å². The van der Waals surface area contributed by atoms with E-state index in [9.17, 15) is 9.59 Å². The number of rotatable bonds is 8. The van der Waals surface area contributed by atoms with Crippen LogP contribution >= 0.6 is 0 Å². The van der Waals surface area contributed by atoms with Crippen molar-refractivity contribution in [2.45, 2.75) is 77.2 Å². The van der Waals surface area contributed by atoms with Crippen LogP contribution < -0.4 is 5.32 Å². The number of hydrogen-bond acceptors (Lipinski definition) is 3. The number of ether oxygens (including phenoxy) is 1. The standard InChI is InChI=1S/C31H38N2O3/c34-29(32-19-23-8-4-9-24(12-23)21-36-20-22-6-2-1-3-7-22)28-10-5-11-33(28)30(35)31-16-25-13-26(17-31)15-27(14-25)18-31/h1-4,6-9,12,25-28H,5,10-11,13-21H2,(H,32,34). The fourth-order valence-corrected chi connectivity index (χ4v) is 7.96. The Kier molecular flexibility index (Phi) is 6.59. The zero-order chi connectivity index (χ0) is 24.5. The zero-order valence-electron chi connectivity index (χ0n) is 21.2. The van der Waals surface area contributed by atoms with Gasteiger partial charge in [-0.15, -0.1) is 0 Å². The fraction of sp³-hybridized carbons (Fsp3) is 0.548. The molecule has 0 spiro atoms. The van der Waals surface area contributed by atoms with E-state index in [0.29, 0.717) is 19.8 Å². The van der Waals surface area contributed by atoms with Crippen LogP contribution in [0.3, 0.4) is 0 Å². The van der Waals surface area contributed by atoms with E-state index in [4.69, 9.17) is 4.74 Å². The average Bonchev–Trinajstić information content (AvgIpc) is 3.37. The van der Waals surface area contributed by atoms with Gasteiger partial charge in [-0.25, -0.2) is 0 Å². The van der Waals surface area contributed by atoms with Gasteiger partial charge in [0.05, 0.1) is 18.6 Å². The van der Waals surface area contributed by atoms with Crippen LogP contribution in [0.2, 0.25) is 0 Å². The van der Waals surface area contributed by atoms with Crippen molar-refractivity contribution >= 4 is 11.8 Å². The quantitative estimate of drug-likeness (QED) is 0.556. The highest BCUT2D eigenvalue weighted by Gasteiger charge is 2.56. The molecule has 190 valence electrons. The van der Waals surface area contributed by atoms with Gasteiger partial charge in [-0.2, -0.15) is 0 Å². The number of carbonyl (C=O) groups is 2. The van der Waals surface area contributed by atoms with Crippen molar-refractivity contribution in [1.82, 2.24) is 10.2 Å². The number of nitrogens with zero attached hydrogens (tertiary/aromatic N) is 1. The Morgan fingerprint density at radius 3 is 2.22 bits per heavy atom. The summed E-state index contributed by atoms with van der Waals surface area (Å²) in [5.41, 5.74) is 3.13. The molecule has 1 heterocycles. The molecule has 4 bridgehead atoms. The van der Waals surface area contributed by atoms with Crippen LogP contribution in [0.1, 0.15) is 68.1 Å². The number of nitrogens with one attached hydrogen (secondary N) is 1. The maximum atomic E-state index is 13.9. The van der Waals surface area contributed by atoms with Crippen LogP contribution in [0.15, 0.2) is 54.6 Å². The van der Waals surface area contributed by atoms with Gasteiger partial charge in [0, 0.05) is 13.1 Å². The van der Waals surface area contributed by atoms with Crippen LogP contribution in [-0.2, 0) is 34.1 Å². The lowest BCUT2D eigenvalue weighted by Crippen LogP contribution is -2.57. The third kappa shape index (κ3) is 4.82. The second-order valence-corrected chi connectivity index (χ2v) is 11.9. The van der Waals surface area contributed by atoms with Gasteiger partial charge in [-0.1, -0.05) is 54.6 Å². The summed E-state index contributed by atoms with van der Waals surface area (Å²) in [6, 6.07) is 18.0. The van der Waals surface area contributed by atoms with E-state index in [1.54, 1.807) is 0 Å². The number of amides is 2. The van der Waals surface area contributed by atoms with Gasteiger partial charge < -0.3 is 15.0 Å². The van der Waals surface area contributed by atoms with E-state index in [2.05, 4.69) is 29.6 Å². The Bertz CT molecular complexity index is 1060. The molecule has 1 N–H and O–H groups in total. The molecular weight excluding hydrogens is 448 g/mol. The molecule has 5 aliphatic rings. The number of benzene rings is 2. The first-order valence-corrected chi connectivity index (χ1v) is 13.9. The molecule has 0 radical (unpaired) electrons. The van der Waals surface area contributed by atoms with Crippen LogP contribution in [0, 0.1) is 23.2 Å². The lowest BCUT2D eigenvalue weighted by Gasteiger charge is -2.56. The molecule has 5 heteroatoms. The van der Waals surface area contributed by atoms with Gasteiger partial charge in [0.1, 0.15) is 6.04 Å². The second-order valence-electron chi connectivity index (χ2n) is 11.9. The molecule has 4 saturated carbocycles. The minimum Gasteiger partial charge on any atom is -0.372 e. The van der Waals surface area contributed by atoms with E-state index in [-0.39, 0.29) is 23.3 Å². The zero-order valence-corrected chi connectivity index (χ0v) is 21.2. The predicted molar refractivity (Wildman–Crippen MR) is 139 cm³/mol. The normalized spacial score (nSPS) is 30.5. The van der Waals surface area contributed by atoms with Crippen LogP contribution in [0.5, 0.6) is 0 Å². The van der Waals surface area contributed by atoms with Gasteiger partial charge in [0.2, 0.25) is 11.8 Å². The summed E-state index contributed by atoms with van der Waals surface area (Å²) >= 11 is 0. The molecule has 0 aromatic heterocycles. The third-order valence-electron chi connectivity index (χ3n) is 9.15. The summed E-state index contributed by atoms with van der Waals surface area (Å²) in [5.74, 6) is 2.49. The smallest absolute Gasteiger partial charge is 0.243 e. The number of likely N-dealkylation sites (tertiary alicyclic amines) is 1. The first kappa shape index (κ1) is 23.7. The number of hydrogen-bond donors (Lipinski definition) is 1. The second kappa shape index (κ2) is 10.0. The molecular formula is C31H38N2O3. The first-order valence-electron chi connectivity index (χ1n) is 13.9. The van der Waals surface area contributed by atoms with Gasteiger partial charge in [0.15, 0.2) is 0 Å². The van der Waals surface area contributed by atoms with Crippen molar-refractivity contribution < 1.29 is 14.3 Å². The molecule has 1 saturated heterocycles. The molecule has 2 aromatic rings. The van der Waals surface area contributed by atoms with Crippen molar-refractivity contribution in [3.05, 3.63) is 71.3 Å². The van der Waals surface area contributed by atoms with E-state index in [0.717, 1.165) is 73.1 Å². The highest BCUT2D eigenvalue weighted by Crippen LogP contribution is 2.60. The van der Waals surface area contributed by atoms with Crippen molar-refractivity contribution in [1.29, 1.82) is 0 Å². The van der Waals surface area contributed by atoms with Gasteiger partial charge in [0.25, 0.3) is 0 Å². The molecule has 7 rings (SSSR count). The highest BCUT2D eigenvalue weighted by molar-refractivity contribution is 5.91. The highest BCUT2D eigenvalue weighted by atomic mass is 16.5. The van der Waals surface area contributed by atoms with Crippen LogP contribution in [0.25, 0.3) is 0 Å². The lowest BCUT2D eigenvalue weighted by atomic mass is 9.49. The van der Waals surface area contributed by atoms with Gasteiger partial charge >= 0.3 is 0 Å². The largest absolute Gasteiger partial charge is 0.372 e. The minimum absolute atomic E-state index is 0.00342. The van der Waals surface area contributed by atoms with Gasteiger partial charge in [-0.05, 0) is 85.8 Å². The van der Waals surface area contributed by atoms with E-state index in [1.807, 2.05) is 35.2 Å². The summed E-state index contributed by atoms with van der Waals surface area (Å²) in [6.07, 6.45) is 8.85. The van der Waals surface area contributed by atoms with Crippen molar-refractivity contribution in [2.24, 2.45) is 23.2 Å². The summed E-state index contributed by atoms with van der Waals surface area (Å²) in [7, 11) is 0. The summed E-state index contributed by atoms with van der Waals surface area (Å²) in [6.45, 7) is 2.32. The molecule has 5 fully saturated rings. The topological polar surface area (TPSA) is 58.6 Å². The summed E-state index contributed by atoms with van der Waals surface area (Å²) < 4.78 is 5.88. The van der Waals surface area contributed by atoms with Crippen molar-refractivity contribution in [3.8, 4) is 0 Å². The van der Waals surface area contributed by atoms with E-state index in [1.165, 1.54) is 19.3 Å². The predicted octanol–water partition coefficient (Wildman–Crippen LogP) is 5.23. The molecule has 2 amide bonds. The monoisotopic (exact) mass is 486 g/mol. The molecule has 2 aromatic carbocycles. The molecule has 4 aliphatic carbocycles. The third-order valence-corrected chi connectivity index (χ3v) is 9.15. The summed E-state index contributed by atoms with van der Waals surface area (Å²) in [5, 5.41) is 3.14. The molecule has 5 nitrogen and oxygen atoms in total. The van der Waals surface area contributed by atoms with E-state index >= 15 is 0 Å². The first-order chi connectivity index (χ1) is 17.6. The summed E-state index contributed by atoms with van der Waals surface area (Å²) in [4.78, 5) is 29.1. The maximum absolute atomic E-state index is 13.9. The minimum atomic E-state index is -0.317. The van der Waals surface area contributed by atoms with Crippen molar-refractivity contribution in [2.75, 3.05) is 6.54 Å². The average molecular weight is 487 g/mol. The van der Waals surface area contributed by atoms with Crippen molar-refractivity contribution in [3.63, 3.8) is 0 Å². The number of carbonyl (C=O) groups excluding carboxylic acids is 2. The fourth-order valence-electron chi connectivity index (χ4n) is 7.96. The molecule has 1 unspecified atom stereocenters. The van der Waals surface area contributed by atoms with Crippen LogP contribution in [-0.4, -0.2) is 29.3 Å². The Morgan fingerprint density at radius 1 is 0.861 bits per heavy atom. The van der Waals surface area contributed by atoms with E-state index < -0.39 is 0 Å². The maximum Gasteiger partial charge on any atom is 0.243 e. The Morgan fingerprint density at radius 2 is 1.50 bits per heavy atom. The van der Waals surface area contributed by atoms with Gasteiger partial charge in [-0.3, -0.25) is 9.59 Å². The SMILES string of the molecule is O=C(NCc1cccc(COCc2ccccc2)c1)C1CCCN1C(=O)C12CC3CC(CC(C3)C1)C2. The Hall–Kier alpha value is -2.66. The molecule has 1 atom stereocenters. The Balaban J connectivity index is 1.04. The molecule has 36 heavy (non-hydrogen) atoms.